The Balaban J connectivity index is 2.08. The van der Waals surface area contributed by atoms with Crippen molar-refractivity contribution < 1.29 is 9.59 Å². The van der Waals surface area contributed by atoms with Crippen molar-refractivity contribution in [2.75, 3.05) is 6.54 Å². The van der Waals surface area contributed by atoms with Gasteiger partial charge in [-0.1, -0.05) is 39.5 Å². The maximum atomic E-state index is 12.2. The van der Waals surface area contributed by atoms with Crippen molar-refractivity contribution in [3.8, 4) is 0 Å². The molecule has 1 saturated heterocycles. The fourth-order valence-corrected chi connectivity index (χ4v) is 3.38. The Bertz CT molecular complexity index is 344. The summed E-state index contributed by atoms with van der Waals surface area (Å²) in [6.07, 6.45) is 8.25. The number of imide groups is 1. The third-order valence-corrected chi connectivity index (χ3v) is 4.50. The van der Waals surface area contributed by atoms with E-state index in [9.17, 15) is 9.59 Å². The quantitative estimate of drug-likeness (QED) is 0.795. The molecule has 1 saturated carbocycles. The molecule has 3 amide bonds. The summed E-state index contributed by atoms with van der Waals surface area (Å²) in [4.78, 5) is 26.1. The van der Waals surface area contributed by atoms with Gasteiger partial charge in [0.2, 0.25) is 0 Å². The minimum atomic E-state index is -0.523. The van der Waals surface area contributed by atoms with Crippen molar-refractivity contribution in [2.45, 2.75) is 70.8 Å². The summed E-state index contributed by atoms with van der Waals surface area (Å²) in [7, 11) is 0. The molecular weight excluding hydrogens is 240 g/mol. The summed E-state index contributed by atoms with van der Waals surface area (Å²) in [5.74, 6) is 0.593. The maximum Gasteiger partial charge on any atom is 0.325 e. The molecule has 4 heteroatoms. The summed E-state index contributed by atoms with van der Waals surface area (Å²) < 4.78 is 0. The van der Waals surface area contributed by atoms with E-state index in [2.05, 4.69) is 19.2 Å². The zero-order chi connectivity index (χ0) is 13.9. The van der Waals surface area contributed by atoms with Crippen LogP contribution in [0, 0.1) is 5.92 Å². The third kappa shape index (κ3) is 2.93. The van der Waals surface area contributed by atoms with E-state index in [1.54, 1.807) is 0 Å². The summed E-state index contributed by atoms with van der Waals surface area (Å²) in [6, 6.07) is -0.171. The molecule has 2 aliphatic rings. The van der Waals surface area contributed by atoms with E-state index in [0.717, 1.165) is 45.1 Å². The fourth-order valence-electron chi connectivity index (χ4n) is 3.38. The Morgan fingerprint density at radius 2 is 1.79 bits per heavy atom. The van der Waals surface area contributed by atoms with Gasteiger partial charge in [-0.05, 0) is 31.6 Å². The number of carbonyl (C=O) groups excluding carboxylic acids is 2. The average molecular weight is 266 g/mol. The second kappa shape index (κ2) is 5.93. The Kier molecular flexibility index (Phi) is 4.48. The summed E-state index contributed by atoms with van der Waals surface area (Å²) in [5.41, 5.74) is -0.523. The molecule has 19 heavy (non-hydrogen) atoms. The lowest BCUT2D eigenvalue weighted by atomic mass is 9.88. The van der Waals surface area contributed by atoms with Crippen LogP contribution in [0.3, 0.4) is 0 Å². The molecule has 108 valence electrons. The fraction of sp³-hybridized carbons (Fsp3) is 0.867. The van der Waals surface area contributed by atoms with Crippen molar-refractivity contribution in [3.05, 3.63) is 0 Å². The predicted molar refractivity (Wildman–Crippen MR) is 74.7 cm³/mol. The highest BCUT2D eigenvalue weighted by atomic mass is 16.2. The van der Waals surface area contributed by atoms with Crippen molar-refractivity contribution in [3.63, 3.8) is 0 Å². The minimum absolute atomic E-state index is 0.0519. The van der Waals surface area contributed by atoms with Gasteiger partial charge >= 0.3 is 6.03 Å². The van der Waals surface area contributed by atoms with Gasteiger partial charge in [-0.2, -0.15) is 0 Å². The lowest BCUT2D eigenvalue weighted by Gasteiger charge is -2.34. The van der Waals surface area contributed by atoms with Gasteiger partial charge < -0.3 is 4.90 Å². The molecule has 1 heterocycles. The Labute approximate surface area is 115 Å². The molecule has 0 aromatic carbocycles. The number of hydrogen-bond acceptors (Lipinski definition) is 2. The molecule has 0 unspecified atom stereocenters. The molecule has 0 bridgehead atoms. The van der Waals surface area contributed by atoms with Crippen LogP contribution in [0.5, 0.6) is 0 Å². The molecule has 0 aromatic heterocycles. The molecule has 0 radical (unpaired) electrons. The van der Waals surface area contributed by atoms with Crippen LogP contribution in [-0.2, 0) is 4.79 Å². The van der Waals surface area contributed by atoms with Gasteiger partial charge in [-0.15, -0.1) is 0 Å². The van der Waals surface area contributed by atoms with Gasteiger partial charge in [-0.3, -0.25) is 10.1 Å². The van der Waals surface area contributed by atoms with Gasteiger partial charge in [0.05, 0.1) is 0 Å². The van der Waals surface area contributed by atoms with E-state index in [1.807, 2.05) is 4.90 Å². The highest BCUT2D eigenvalue weighted by Gasteiger charge is 2.51. The number of hydrogen-bond donors (Lipinski definition) is 1. The zero-order valence-corrected chi connectivity index (χ0v) is 12.2. The number of urea groups is 1. The lowest BCUT2D eigenvalue weighted by Crippen LogP contribution is -2.49. The van der Waals surface area contributed by atoms with Crippen molar-refractivity contribution >= 4 is 11.9 Å². The molecule has 1 N–H and O–H groups in total. The van der Waals surface area contributed by atoms with Crippen LogP contribution >= 0.6 is 0 Å². The third-order valence-electron chi connectivity index (χ3n) is 4.50. The van der Waals surface area contributed by atoms with Crippen LogP contribution in [0.25, 0.3) is 0 Å². The zero-order valence-electron chi connectivity index (χ0n) is 12.2. The summed E-state index contributed by atoms with van der Waals surface area (Å²) >= 11 is 0. The van der Waals surface area contributed by atoms with E-state index in [-0.39, 0.29) is 11.9 Å². The number of amides is 3. The molecule has 2 rings (SSSR count). The maximum absolute atomic E-state index is 12.2. The predicted octanol–water partition coefficient (Wildman–Crippen LogP) is 3.07. The average Bonchev–Trinajstić information content (AvgIpc) is 2.55. The normalized spacial score (nSPS) is 23.0. The smallest absolute Gasteiger partial charge is 0.310 e. The summed E-state index contributed by atoms with van der Waals surface area (Å²) in [6.45, 7) is 5.10. The van der Waals surface area contributed by atoms with Crippen LogP contribution in [0.15, 0.2) is 0 Å². The highest BCUT2D eigenvalue weighted by molar-refractivity contribution is 6.07. The number of carbonyl (C=O) groups is 2. The first-order valence-corrected chi connectivity index (χ1v) is 7.69. The van der Waals surface area contributed by atoms with E-state index >= 15 is 0 Å². The highest BCUT2D eigenvalue weighted by Crippen LogP contribution is 2.36. The molecule has 1 spiro atoms. The Hall–Kier alpha value is -1.06. The van der Waals surface area contributed by atoms with Gasteiger partial charge in [0.25, 0.3) is 5.91 Å². The molecular formula is C15H26N2O2. The van der Waals surface area contributed by atoms with Gasteiger partial charge in [0, 0.05) is 6.54 Å². The van der Waals surface area contributed by atoms with Crippen LogP contribution in [0.1, 0.15) is 65.2 Å². The molecule has 1 aliphatic carbocycles. The monoisotopic (exact) mass is 266 g/mol. The first-order chi connectivity index (χ1) is 9.06. The molecule has 4 nitrogen and oxygen atoms in total. The summed E-state index contributed by atoms with van der Waals surface area (Å²) in [5, 5.41) is 2.54. The first-order valence-electron chi connectivity index (χ1n) is 7.69. The van der Waals surface area contributed by atoms with Gasteiger partial charge in [-0.25, -0.2) is 4.79 Å². The number of nitrogens with zero attached hydrogens (tertiary/aromatic N) is 1. The van der Waals surface area contributed by atoms with E-state index in [4.69, 9.17) is 0 Å². The molecule has 0 aromatic rings. The van der Waals surface area contributed by atoms with E-state index in [0.29, 0.717) is 5.92 Å². The molecule has 1 aliphatic heterocycles. The first kappa shape index (κ1) is 14.4. The Morgan fingerprint density at radius 3 is 2.37 bits per heavy atom. The molecule has 0 atom stereocenters. The van der Waals surface area contributed by atoms with Crippen molar-refractivity contribution in [2.24, 2.45) is 5.92 Å². The largest absolute Gasteiger partial charge is 0.325 e. The number of nitrogens with one attached hydrogen (secondary N) is 1. The van der Waals surface area contributed by atoms with Crippen molar-refractivity contribution in [1.29, 1.82) is 0 Å². The van der Waals surface area contributed by atoms with E-state index in [1.165, 1.54) is 12.8 Å². The second-order valence-electron chi connectivity index (χ2n) is 6.39. The topological polar surface area (TPSA) is 49.4 Å². The lowest BCUT2D eigenvalue weighted by molar-refractivity contribution is -0.127. The Morgan fingerprint density at radius 1 is 1.16 bits per heavy atom. The van der Waals surface area contributed by atoms with Crippen LogP contribution in [0.4, 0.5) is 4.79 Å². The minimum Gasteiger partial charge on any atom is -0.310 e. The molecule has 2 fully saturated rings. The second-order valence-corrected chi connectivity index (χ2v) is 6.39. The van der Waals surface area contributed by atoms with Crippen LogP contribution in [0.2, 0.25) is 0 Å². The van der Waals surface area contributed by atoms with Crippen LogP contribution in [-0.4, -0.2) is 28.9 Å². The van der Waals surface area contributed by atoms with E-state index < -0.39 is 5.54 Å². The van der Waals surface area contributed by atoms with Crippen molar-refractivity contribution in [1.82, 2.24) is 10.2 Å². The van der Waals surface area contributed by atoms with Gasteiger partial charge in [0.1, 0.15) is 5.54 Å². The number of rotatable bonds is 4. The standard InChI is InChI=1S/C15H26N2O2/c1-12(2)8-7-11-17-14(19)16-13(18)15(17)9-5-3-4-6-10-15/h12H,3-11H2,1-2H3,(H,16,18,19). The SMILES string of the molecule is CC(C)CCCN1C(=O)NC(=O)C12CCCCCC2. The van der Waals surface area contributed by atoms with Gasteiger partial charge in [0.15, 0.2) is 0 Å². The van der Waals surface area contributed by atoms with Crippen LogP contribution < -0.4 is 5.32 Å².